The molecule has 1 aliphatic carbocycles. The van der Waals surface area contributed by atoms with Gasteiger partial charge in [0.2, 0.25) is 0 Å². The van der Waals surface area contributed by atoms with Gasteiger partial charge in [-0.15, -0.1) is 0 Å². The van der Waals surface area contributed by atoms with Gasteiger partial charge in [-0.1, -0.05) is 11.6 Å². The summed E-state index contributed by atoms with van der Waals surface area (Å²) in [4.78, 5) is 0. The molecular formula is C11H18F3NO. The number of allylic oxidation sites excluding steroid dienone is 1. The van der Waals surface area contributed by atoms with E-state index in [1.807, 2.05) is 0 Å². The maximum atomic E-state index is 11.7. The Balaban J connectivity index is 1.85. The smallest absolute Gasteiger partial charge is 0.371 e. The number of rotatable bonds is 7. The minimum atomic E-state index is -4.21. The Morgan fingerprint density at radius 1 is 1.31 bits per heavy atom. The Bertz CT molecular complexity index is 226. The molecule has 0 spiro atoms. The minimum Gasteiger partial charge on any atom is -0.371 e. The summed E-state index contributed by atoms with van der Waals surface area (Å²) in [6.45, 7) is 0.253. The van der Waals surface area contributed by atoms with Crippen molar-refractivity contribution >= 4 is 0 Å². The van der Waals surface area contributed by atoms with E-state index in [0.717, 1.165) is 13.0 Å². The highest BCUT2D eigenvalue weighted by Gasteiger charge is 2.27. The third-order valence-electron chi connectivity index (χ3n) is 2.45. The van der Waals surface area contributed by atoms with Gasteiger partial charge >= 0.3 is 6.18 Å². The lowest BCUT2D eigenvalue weighted by molar-refractivity contribution is -0.173. The van der Waals surface area contributed by atoms with E-state index < -0.39 is 12.8 Å². The normalized spacial score (nSPS) is 16.6. The maximum Gasteiger partial charge on any atom is 0.411 e. The van der Waals surface area contributed by atoms with Crippen molar-refractivity contribution in [1.29, 1.82) is 0 Å². The molecule has 0 unspecified atom stereocenters. The van der Waals surface area contributed by atoms with Gasteiger partial charge in [0.05, 0.1) is 6.61 Å². The predicted molar refractivity (Wildman–Crippen MR) is 56.3 cm³/mol. The predicted octanol–water partition coefficient (Wildman–Crippen LogP) is 2.66. The quantitative estimate of drug-likeness (QED) is 0.543. The lowest BCUT2D eigenvalue weighted by atomic mass is 10.2. The zero-order valence-corrected chi connectivity index (χ0v) is 9.28. The Kier molecular flexibility index (Phi) is 5.84. The second kappa shape index (κ2) is 6.91. The Hall–Kier alpha value is -0.550. The van der Waals surface area contributed by atoms with Crippen LogP contribution in [0.4, 0.5) is 13.2 Å². The van der Waals surface area contributed by atoms with Crippen LogP contribution in [0.25, 0.3) is 0 Å². The molecule has 1 rings (SSSR count). The van der Waals surface area contributed by atoms with Crippen molar-refractivity contribution in [2.45, 2.75) is 31.9 Å². The third-order valence-corrected chi connectivity index (χ3v) is 2.45. The molecule has 5 heteroatoms. The summed E-state index contributed by atoms with van der Waals surface area (Å²) < 4.78 is 39.5. The topological polar surface area (TPSA) is 21.3 Å². The molecule has 0 aliphatic heterocycles. The second-order valence-corrected chi connectivity index (χ2v) is 3.92. The summed E-state index contributed by atoms with van der Waals surface area (Å²) in [5.74, 6) is 0. The van der Waals surface area contributed by atoms with Gasteiger partial charge in [-0.3, -0.25) is 0 Å². The fourth-order valence-electron chi connectivity index (χ4n) is 1.67. The maximum absolute atomic E-state index is 11.7. The van der Waals surface area contributed by atoms with E-state index in [2.05, 4.69) is 16.1 Å². The molecule has 2 nitrogen and oxygen atoms in total. The zero-order valence-electron chi connectivity index (χ0n) is 9.28. The molecule has 0 atom stereocenters. The van der Waals surface area contributed by atoms with Gasteiger partial charge in [-0.25, -0.2) is 0 Å². The highest BCUT2D eigenvalue weighted by atomic mass is 19.4. The lowest BCUT2D eigenvalue weighted by Gasteiger charge is -2.08. The van der Waals surface area contributed by atoms with Crippen LogP contribution < -0.4 is 5.32 Å². The number of ether oxygens (including phenoxy) is 1. The van der Waals surface area contributed by atoms with E-state index in [-0.39, 0.29) is 6.61 Å². The SMILES string of the molecule is FC(F)(F)COCCNCCC1=CCCC1. The fraction of sp³-hybridized carbons (Fsp3) is 0.818. The van der Waals surface area contributed by atoms with Crippen LogP contribution in [0.15, 0.2) is 11.6 Å². The van der Waals surface area contributed by atoms with Crippen LogP contribution in [0.2, 0.25) is 0 Å². The van der Waals surface area contributed by atoms with Gasteiger partial charge in [0.1, 0.15) is 6.61 Å². The number of hydrogen-bond donors (Lipinski definition) is 1. The molecule has 0 saturated carbocycles. The van der Waals surface area contributed by atoms with Gasteiger partial charge in [0.15, 0.2) is 0 Å². The molecule has 0 saturated heterocycles. The van der Waals surface area contributed by atoms with Crippen molar-refractivity contribution in [2.75, 3.05) is 26.3 Å². The van der Waals surface area contributed by atoms with Crippen molar-refractivity contribution in [1.82, 2.24) is 5.32 Å². The van der Waals surface area contributed by atoms with Crippen LogP contribution in [0.3, 0.4) is 0 Å². The number of nitrogens with one attached hydrogen (secondary N) is 1. The van der Waals surface area contributed by atoms with Crippen molar-refractivity contribution in [3.63, 3.8) is 0 Å². The highest BCUT2D eigenvalue weighted by Crippen LogP contribution is 2.19. The monoisotopic (exact) mass is 237 g/mol. The first-order valence-corrected chi connectivity index (χ1v) is 5.61. The summed E-state index contributed by atoms with van der Waals surface area (Å²) in [5, 5.41) is 3.07. The summed E-state index contributed by atoms with van der Waals surface area (Å²) in [5.41, 5.74) is 1.46. The molecule has 0 heterocycles. The lowest BCUT2D eigenvalue weighted by Crippen LogP contribution is -2.24. The molecule has 0 aromatic rings. The number of halogens is 3. The Morgan fingerprint density at radius 2 is 2.12 bits per heavy atom. The van der Waals surface area contributed by atoms with E-state index in [0.29, 0.717) is 6.54 Å². The van der Waals surface area contributed by atoms with Crippen molar-refractivity contribution in [3.8, 4) is 0 Å². The fourth-order valence-corrected chi connectivity index (χ4v) is 1.67. The molecule has 0 bridgehead atoms. The first-order chi connectivity index (χ1) is 7.58. The van der Waals surface area contributed by atoms with E-state index in [1.54, 1.807) is 0 Å². The van der Waals surface area contributed by atoms with Gasteiger partial charge in [0, 0.05) is 6.54 Å². The van der Waals surface area contributed by atoms with E-state index in [9.17, 15) is 13.2 Å². The van der Waals surface area contributed by atoms with Crippen molar-refractivity contribution in [2.24, 2.45) is 0 Å². The summed E-state index contributed by atoms with van der Waals surface area (Å²) >= 11 is 0. The van der Waals surface area contributed by atoms with Crippen LogP contribution >= 0.6 is 0 Å². The standard InChI is InChI=1S/C11H18F3NO/c12-11(13,14)9-16-8-7-15-6-5-10-3-1-2-4-10/h3,15H,1-2,4-9H2. The minimum absolute atomic E-state index is 0.110. The van der Waals surface area contributed by atoms with Crippen LogP contribution in [0.1, 0.15) is 25.7 Å². The van der Waals surface area contributed by atoms with E-state index >= 15 is 0 Å². The van der Waals surface area contributed by atoms with Crippen LogP contribution in [0.5, 0.6) is 0 Å². The number of alkyl halides is 3. The van der Waals surface area contributed by atoms with E-state index in [1.165, 1.54) is 24.8 Å². The zero-order chi connectivity index (χ0) is 11.9. The molecular weight excluding hydrogens is 219 g/mol. The molecule has 94 valence electrons. The highest BCUT2D eigenvalue weighted by molar-refractivity contribution is 5.07. The first-order valence-electron chi connectivity index (χ1n) is 5.61. The molecule has 0 aromatic carbocycles. The molecule has 0 aromatic heterocycles. The molecule has 1 aliphatic rings. The van der Waals surface area contributed by atoms with Gasteiger partial charge in [0.25, 0.3) is 0 Å². The summed E-state index contributed by atoms with van der Waals surface area (Å²) in [6.07, 6.45) is 2.62. The van der Waals surface area contributed by atoms with Crippen LogP contribution in [0, 0.1) is 0 Å². The van der Waals surface area contributed by atoms with Crippen molar-refractivity contribution in [3.05, 3.63) is 11.6 Å². The summed E-state index contributed by atoms with van der Waals surface area (Å²) in [7, 11) is 0. The first kappa shape index (κ1) is 13.5. The molecule has 0 radical (unpaired) electrons. The van der Waals surface area contributed by atoms with Crippen LogP contribution in [-0.4, -0.2) is 32.5 Å². The number of hydrogen-bond acceptors (Lipinski definition) is 2. The molecule has 0 amide bonds. The Labute approximate surface area is 93.9 Å². The average Bonchev–Trinajstić information content (AvgIpc) is 2.67. The van der Waals surface area contributed by atoms with Gasteiger partial charge < -0.3 is 10.1 Å². The summed E-state index contributed by atoms with van der Waals surface area (Å²) in [6, 6.07) is 0. The van der Waals surface area contributed by atoms with Crippen molar-refractivity contribution < 1.29 is 17.9 Å². The molecule has 0 fully saturated rings. The Morgan fingerprint density at radius 3 is 2.75 bits per heavy atom. The third kappa shape index (κ3) is 6.85. The molecule has 1 N–H and O–H groups in total. The van der Waals surface area contributed by atoms with Gasteiger partial charge in [-0.2, -0.15) is 13.2 Å². The van der Waals surface area contributed by atoms with Crippen LogP contribution in [-0.2, 0) is 4.74 Å². The second-order valence-electron chi connectivity index (χ2n) is 3.92. The molecule has 16 heavy (non-hydrogen) atoms. The average molecular weight is 237 g/mol. The largest absolute Gasteiger partial charge is 0.411 e. The van der Waals surface area contributed by atoms with E-state index in [4.69, 9.17) is 0 Å². The van der Waals surface area contributed by atoms with Gasteiger partial charge in [-0.05, 0) is 32.2 Å².